The second-order valence-electron chi connectivity index (χ2n) is 2.42. The summed E-state index contributed by atoms with van der Waals surface area (Å²) in [6, 6.07) is 7.41. The molecule has 0 radical (unpaired) electrons. The first-order valence-electron chi connectivity index (χ1n) is 3.55. The van der Waals surface area contributed by atoms with Crippen LogP contribution < -0.4 is 0 Å². The topological polar surface area (TPSA) is 45.7 Å². The molecule has 3 nitrogen and oxygen atoms in total. The van der Waals surface area contributed by atoms with Crippen LogP contribution in [0.4, 0.5) is 0 Å². The van der Waals surface area contributed by atoms with E-state index in [0.717, 1.165) is 16.5 Å². The lowest BCUT2D eigenvalue weighted by Gasteiger charge is -1.91. The number of hydrogen-bond acceptors (Lipinski definition) is 3. The highest BCUT2D eigenvalue weighted by atomic mass is 16.4. The molecule has 0 aliphatic rings. The van der Waals surface area contributed by atoms with Crippen molar-refractivity contribution >= 4 is 17.2 Å². The second-order valence-corrected chi connectivity index (χ2v) is 2.42. The molecule has 1 N–H and O–H groups in total. The third-order valence-electron chi connectivity index (χ3n) is 1.73. The van der Waals surface area contributed by atoms with Crippen LogP contribution in [-0.2, 0) is 0 Å². The van der Waals surface area contributed by atoms with E-state index in [0.29, 0.717) is 0 Å². The van der Waals surface area contributed by atoms with Crippen molar-refractivity contribution in [3.63, 3.8) is 0 Å². The van der Waals surface area contributed by atoms with Crippen molar-refractivity contribution in [2.45, 2.75) is 0 Å². The Kier molecular flexibility index (Phi) is 1.55. The summed E-state index contributed by atoms with van der Waals surface area (Å²) < 4.78 is 5.16. The molecule has 3 heteroatoms. The van der Waals surface area contributed by atoms with Crippen molar-refractivity contribution in [3.8, 4) is 0 Å². The van der Waals surface area contributed by atoms with Gasteiger partial charge in [0.15, 0.2) is 0 Å². The Bertz CT molecular complexity index is 422. The van der Waals surface area contributed by atoms with Crippen molar-refractivity contribution in [2.24, 2.45) is 5.16 Å². The van der Waals surface area contributed by atoms with E-state index in [-0.39, 0.29) is 1.43 Å². The van der Waals surface area contributed by atoms with Crippen molar-refractivity contribution in [1.29, 1.82) is 0 Å². The van der Waals surface area contributed by atoms with Crippen molar-refractivity contribution in [1.82, 2.24) is 0 Å². The van der Waals surface area contributed by atoms with Crippen LogP contribution in [-0.4, -0.2) is 11.4 Å². The molecule has 12 heavy (non-hydrogen) atoms. The summed E-state index contributed by atoms with van der Waals surface area (Å²) >= 11 is 0. The van der Waals surface area contributed by atoms with Crippen LogP contribution in [0.3, 0.4) is 0 Å². The van der Waals surface area contributed by atoms with E-state index in [9.17, 15) is 0 Å². The van der Waals surface area contributed by atoms with Crippen molar-refractivity contribution in [3.05, 3.63) is 36.1 Å². The normalized spacial score (nSPS) is 11.3. The summed E-state index contributed by atoms with van der Waals surface area (Å²) in [5.74, 6) is 0. The van der Waals surface area contributed by atoms with Crippen LogP contribution in [0.25, 0.3) is 11.0 Å². The Hall–Kier alpha value is -1.77. The SMILES string of the molecule is ON=Cc1cccc2occc12.[H+]. The molecule has 0 amide bonds. The lowest BCUT2D eigenvalue weighted by atomic mass is 10.1. The van der Waals surface area contributed by atoms with E-state index < -0.39 is 0 Å². The quantitative estimate of drug-likeness (QED) is 0.397. The minimum Gasteiger partial charge on any atom is -0.464 e. The predicted octanol–water partition coefficient (Wildman–Crippen LogP) is 2.35. The van der Waals surface area contributed by atoms with Crippen LogP contribution in [0.15, 0.2) is 40.1 Å². The van der Waals surface area contributed by atoms with Crippen LogP contribution in [0.1, 0.15) is 6.99 Å². The first-order valence-corrected chi connectivity index (χ1v) is 3.55. The van der Waals surface area contributed by atoms with Gasteiger partial charge in [-0.1, -0.05) is 17.3 Å². The lowest BCUT2D eigenvalue weighted by molar-refractivity contribution is 0.322. The first kappa shape index (κ1) is 6.91. The van der Waals surface area contributed by atoms with Gasteiger partial charge in [-0.25, -0.2) is 0 Å². The third-order valence-corrected chi connectivity index (χ3v) is 1.73. The Morgan fingerprint density at radius 3 is 3.17 bits per heavy atom. The predicted molar refractivity (Wildman–Crippen MR) is 46.7 cm³/mol. The summed E-state index contributed by atoms with van der Waals surface area (Å²) in [4.78, 5) is 0. The molecule has 0 saturated heterocycles. The van der Waals surface area contributed by atoms with Gasteiger partial charge in [0, 0.05) is 10.9 Å². The van der Waals surface area contributed by atoms with Gasteiger partial charge >= 0.3 is 1.43 Å². The third kappa shape index (κ3) is 0.955. The Balaban J connectivity index is 0.000000845. The summed E-state index contributed by atoms with van der Waals surface area (Å²) in [5.41, 5.74) is 1.65. The van der Waals surface area contributed by atoms with Gasteiger partial charge in [0.25, 0.3) is 0 Å². The van der Waals surface area contributed by atoms with Gasteiger partial charge < -0.3 is 9.62 Å². The number of furan rings is 1. The van der Waals surface area contributed by atoms with E-state index in [4.69, 9.17) is 9.62 Å². The molecule has 0 atom stereocenters. The summed E-state index contributed by atoms with van der Waals surface area (Å²) in [5, 5.41) is 12.3. The first-order chi connectivity index (χ1) is 5.92. The fourth-order valence-electron chi connectivity index (χ4n) is 1.19. The molecular weight excluding hydrogens is 154 g/mol. The largest absolute Gasteiger partial charge is 1.00 e. The number of fused-ring (bicyclic) bond motifs is 1. The zero-order valence-electron chi connectivity index (χ0n) is 7.27. The average molecular weight is 162 g/mol. The molecule has 0 saturated carbocycles. The lowest BCUT2D eigenvalue weighted by Crippen LogP contribution is -1.80. The molecule has 2 aromatic rings. The van der Waals surface area contributed by atoms with Gasteiger partial charge in [-0.15, -0.1) is 0 Å². The van der Waals surface area contributed by atoms with Crippen LogP contribution in [0, 0.1) is 0 Å². The minimum atomic E-state index is 0. The number of benzene rings is 1. The number of hydrogen-bond donors (Lipinski definition) is 1. The van der Waals surface area contributed by atoms with E-state index >= 15 is 0 Å². The monoisotopic (exact) mass is 162 g/mol. The zero-order chi connectivity index (χ0) is 8.39. The highest BCUT2D eigenvalue weighted by molar-refractivity contribution is 5.97. The van der Waals surface area contributed by atoms with Gasteiger partial charge in [-0.3, -0.25) is 0 Å². The van der Waals surface area contributed by atoms with Gasteiger partial charge in [0.1, 0.15) is 5.58 Å². The molecule has 0 aliphatic carbocycles. The maximum Gasteiger partial charge on any atom is 1.00 e. The van der Waals surface area contributed by atoms with E-state index in [1.807, 2.05) is 24.3 Å². The molecule has 2 rings (SSSR count). The maximum absolute atomic E-state index is 8.36. The fraction of sp³-hybridized carbons (Fsp3) is 0. The zero-order valence-corrected chi connectivity index (χ0v) is 6.27. The molecule has 0 spiro atoms. The molecular formula is C9H8NO2+. The Morgan fingerprint density at radius 2 is 2.33 bits per heavy atom. The summed E-state index contributed by atoms with van der Waals surface area (Å²) in [6.45, 7) is 0. The smallest absolute Gasteiger partial charge is 0.464 e. The van der Waals surface area contributed by atoms with Crippen LogP contribution >= 0.6 is 0 Å². The van der Waals surface area contributed by atoms with Crippen molar-refractivity contribution < 1.29 is 11.1 Å². The van der Waals surface area contributed by atoms with Crippen molar-refractivity contribution in [2.75, 3.05) is 0 Å². The minimum absolute atomic E-state index is 0. The van der Waals surface area contributed by atoms with Gasteiger partial charge in [-0.05, 0) is 12.1 Å². The second kappa shape index (κ2) is 2.70. The Labute approximate surface area is 70.4 Å². The van der Waals surface area contributed by atoms with Gasteiger partial charge in [0.2, 0.25) is 0 Å². The molecule has 60 valence electrons. The molecule has 1 aromatic heterocycles. The fourth-order valence-corrected chi connectivity index (χ4v) is 1.19. The maximum atomic E-state index is 8.36. The molecule has 1 aromatic carbocycles. The Morgan fingerprint density at radius 1 is 1.42 bits per heavy atom. The van der Waals surface area contributed by atoms with Crippen LogP contribution in [0.5, 0.6) is 0 Å². The average Bonchev–Trinajstić information content (AvgIpc) is 2.53. The van der Waals surface area contributed by atoms with Gasteiger partial charge in [0.05, 0.1) is 12.5 Å². The van der Waals surface area contributed by atoms with Crippen LogP contribution in [0.2, 0.25) is 0 Å². The highest BCUT2D eigenvalue weighted by Gasteiger charge is 1.99. The van der Waals surface area contributed by atoms with E-state index in [2.05, 4.69) is 5.16 Å². The number of rotatable bonds is 1. The van der Waals surface area contributed by atoms with Gasteiger partial charge in [-0.2, -0.15) is 0 Å². The highest BCUT2D eigenvalue weighted by Crippen LogP contribution is 2.17. The molecule has 0 bridgehead atoms. The van der Waals surface area contributed by atoms with E-state index in [1.54, 1.807) is 6.26 Å². The molecule has 0 unspecified atom stereocenters. The van der Waals surface area contributed by atoms with E-state index in [1.165, 1.54) is 6.21 Å². The standard InChI is InChI=1S/C9H7NO2/c11-10-6-7-2-1-3-9-8(7)4-5-12-9/h1-6,11H/p+1. The molecule has 1 heterocycles. The molecule has 0 aliphatic heterocycles. The number of oxime groups is 1. The number of nitrogens with zero attached hydrogens (tertiary/aromatic N) is 1. The molecule has 0 fully saturated rings. The summed E-state index contributed by atoms with van der Waals surface area (Å²) in [6.07, 6.45) is 3.00. The summed E-state index contributed by atoms with van der Waals surface area (Å²) in [7, 11) is 0.